The van der Waals surface area contributed by atoms with Gasteiger partial charge in [-0.2, -0.15) is 0 Å². The third-order valence-electron chi connectivity index (χ3n) is 3.93. The Bertz CT molecular complexity index is 676. The molecule has 2 aromatic carbocycles. The number of hydrogen-bond donors (Lipinski definition) is 2. The number of aliphatic hydroxyl groups is 1. The van der Waals surface area contributed by atoms with E-state index in [2.05, 4.69) is 5.32 Å². The highest BCUT2D eigenvalue weighted by molar-refractivity contribution is 5.93. The van der Waals surface area contributed by atoms with Gasteiger partial charge in [-0.05, 0) is 36.8 Å². The maximum absolute atomic E-state index is 13.4. The first-order valence-corrected chi connectivity index (χ1v) is 7.94. The quantitative estimate of drug-likeness (QED) is 0.821. The van der Waals surface area contributed by atoms with E-state index in [0.29, 0.717) is 13.0 Å². The second-order valence-corrected chi connectivity index (χ2v) is 5.86. The number of para-hydroxylation sites is 1. The number of rotatable bonds is 7. The maximum atomic E-state index is 13.4. The number of aliphatic hydroxyl groups excluding tert-OH is 1. The molecule has 0 aromatic heterocycles. The summed E-state index contributed by atoms with van der Waals surface area (Å²) in [6, 6.07) is 14.1. The molecule has 0 spiro atoms. The van der Waals surface area contributed by atoms with Crippen LogP contribution in [0, 0.1) is 5.82 Å². The summed E-state index contributed by atoms with van der Waals surface area (Å²) in [7, 11) is 1.76. The van der Waals surface area contributed by atoms with Gasteiger partial charge in [-0.15, -0.1) is 0 Å². The summed E-state index contributed by atoms with van der Waals surface area (Å²) >= 11 is 0. The molecule has 0 aliphatic carbocycles. The largest absolute Gasteiger partial charge is 0.392 e. The normalized spacial score (nSPS) is 12.0. The molecule has 0 saturated carbocycles. The highest BCUT2D eigenvalue weighted by Crippen LogP contribution is 2.14. The molecule has 2 aromatic rings. The molecule has 5 heteroatoms. The van der Waals surface area contributed by atoms with Crippen molar-refractivity contribution in [3.05, 3.63) is 65.5 Å². The smallest absolute Gasteiger partial charge is 0.228 e. The Morgan fingerprint density at radius 2 is 1.96 bits per heavy atom. The molecule has 0 fully saturated rings. The Balaban J connectivity index is 1.87. The van der Waals surface area contributed by atoms with Crippen LogP contribution in [0.2, 0.25) is 0 Å². The molecule has 0 bridgehead atoms. The van der Waals surface area contributed by atoms with Gasteiger partial charge in [0.15, 0.2) is 0 Å². The van der Waals surface area contributed by atoms with E-state index in [0.717, 1.165) is 11.3 Å². The summed E-state index contributed by atoms with van der Waals surface area (Å²) in [5, 5.41) is 12.4. The van der Waals surface area contributed by atoms with Crippen molar-refractivity contribution in [2.75, 3.05) is 11.9 Å². The van der Waals surface area contributed by atoms with E-state index >= 15 is 0 Å². The summed E-state index contributed by atoms with van der Waals surface area (Å²) < 4.78 is 13.4. The summed E-state index contributed by atoms with van der Waals surface area (Å²) in [4.78, 5) is 14.0. The number of nitrogens with zero attached hydrogens (tertiary/aromatic N) is 1. The Morgan fingerprint density at radius 1 is 1.25 bits per heavy atom. The minimum absolute atomic E-state index is 0.0220. The number of benzene rings is 2. The average Bonchev–Trinajstić information content (AvgIpc) is 2.61. The first kappa shape index (κ1) is 18.1. The van der Waals surface area contributed by atoms with Crippen molar-refractivity contribution in [3.63, 3.8) is 0 Å². The molecule has 1 unspecified atom stereocenters. The van der Waals surface area contributed by atoms with Gasteiger partial charge in [0.1, 0.15) is 5.82 Å². The van der Waals surface area contributed by atoms with Crippen LogP contribution < -0.4 is 10.2 Å². The Morgan fingerprint density at radius 3 is 2.62 bits per heavy atom. The summed E-state index contributed by atoms with van der Waals surface area (Å²) in [5.41, 5.74) is 2.01. The molecular formula is C19H23FN2O2. The summed E-state index contributed by atoms with van der Waals surface area (Å²) in [5.74, 6) is -0.384. The van der Waals surface area contributed by atoms with Crippen LogP contribution in [-0.2, 0) is 17.9 Å². The fourth-order valence-corrected chi connectivity index (χ4v) is 2.42. The summed E-state index contributed by atoms with van der Waals surface area (Å²) in [6.07, 6.45) is 0.361. The van der Waals surface area contributed by atoms with Gasteiger partial charge in [-0.1, -0.05) is 24.3 Å². The second-order valence-electron chi connectivity index (χ2n) is 5.86. The lowest BCUT2D eigenvalue weighted by Gasteiger charge is -2.20. The number of anilines is 1. The average molecular weight is 330 g/mol. The minimum atomic E-state index is -0.408. The van der Waals surface area contributed by atoms with Crippen LogP contribution in [0.4, 0.5) is 10.1 Å². The zero-order chi connectivity index (χ0) is 17.5. The Hall–Kier alpha value is -2.24. The SMILES string of the molecule is CC(CC(=O)N(C)c1ccccc1)NCc1ccc(F)c(CO)c1. The van der Waals surface area contributed by atoms with Gasteiger partial charge in [0.2, 0.25) is 5.91 Å². The van der Waals surface area contributed by atoms with Crippen LogP contribution in [0.15, 0.2) is 48.5 Å². The third kappa shape index (κ3) is 4.88. The third-order valence-corrected chi connectivity index (χ3v) is 3.93. The number of nitrogens with one attached hydrogen (secondary N) is 1. The fraction of sp³-hybridized carbons (Fsp3) is 0.316. The molecule has 4 nitrogen and oxygen atoms in total. The molecule has 24 heavy (non-hydrogen) atoms. The molecule has 0 aliphatic rings. The number of carbonyl (C=O) groups is 1. The minimum Gasteiger partial charge on any atom is -0.392 e. The lowest BCUT2D eigenvalue weighted by Crippen LogP contribution is -2.34. The van der Waals surface area contributed by atoms with Gasteiger partial charge in [0.05, 0.1) is 6.61 Å². The van der Waals surface area contributed by atoms with Crippen molar-refractivity contribution in [3.8, 4) is 0 Å². The van der Waals surface area contributed by atoms with E-state index < -0.39 is 5.82 Å². The number of amides is 1. The first-order valence-electron chi connectivity index (χ1n) is 7.94. The van der Waals surface area contributed by atoms with Crippen LogP contribution >= 0.6 is 0 Å². The van der Waals surface area contributed by atoms with Gasteiger partial charge in [0, 0.05) is 37.3 Å². The van der Waals surface area contributed by atoms with Gasteiger partial charge >= 0.3 is 0 Å². The van der Waals surface area contributed by atoms with Crippen LogP contribution in [-0.4, -0.2) is 24.1 Å². The van der Waals surface area contributed by atoms with Crippen LogP contribution in [0.25, 0.3) is 0 Å². The van der Waals surface area contributed by atoms with E-state index in [9.17, 15) is 9.18 Å². The van der Waals surface area contributed by atoms with Crippen molar-refractivity contribution in [1.82, 2.24) is 5.32 Å². The lowest BCUT2D eigenvalue weighted by molar-refractivity contribution is -0.118. The molecule has 0 aliphatic heterocycles. The van der Waals surface area contributed by atoms with E-state index in [1.807, 2.05) is 37.3 Å². The molecule has 2 rings (SSSR count). The standard InChI is InChI=1S/C19H23FN2O2/c1-14(10-19(24)22(2)17-6-4-3-5-7-17)21-12-15-8-9-18(20)16(11-15)13-23/h3-9,11,14,21,23H,10,12-13H2,1-2H3. The van der Waals surface area contributed by atoms with Gasteiger partial charge in [-0.25, -0.2) is 4.39 Å². The van der Waals surface area contributed by atoms with Crippen molar-refractivity contribution < 1.29 is 14.3 Å². The number of carbonyl (C=O) groups excluding carboxylic acids is 1. The van der Waals surface area contributed by atoms with E-state index in [1.165, 1.54) is 6.07 Å². The molecule has 0 radical (unpaired) electrons. The molecule has 0 heterocycles. The van der Waals surface area contributed by atoms with Crippen molar-refractivity contribution in [2.45, 2.75) is 32.5 Å². The fourth-order valence-electron chi connectivity index (χ4n) is 2.42. The van der Waals surface area contributed by atoms with Gasteiger partial charge in [0.25, 0.3) is 0 Å². The molecule has 1 amide bonds. The van der Waals surface area contributed by atoms with E-state index in [4.69, 9.17) is 5.11 Å². The zero-order valence-corrected chi connectivity index (χ0v) is 14.0. The monoisotopic (exact) mass is 330 g/mol. The van der Waals surface area contributed by atoms with Gasteiger partial charge in [-0.3, -0.25) is 4.79 Å². The lowest BCUT2D eigenvalue weighted by atomic mass is 10.1. The maximum Gasteiger partial charge on any atom is 0.228 e. The Kier molecular flexibility index (Phi) is 6.46. The highest BCUT2D eigenvalue weighted by atomic mass is 19.1. The van der Waals surface area contributed by atoms with Crippen molar-refractivity contribution >= 4 is 11.6 Å². The molecule has 1 atom stereocenters. The van der Waals surface area contributed by atoms with Gasteiger partial charge < -0.3 is 15.3 Å². The van der Waals surface area contributed by atoms with Crippen LogP contribution in [0.1, 0.15) is 24.5 Å². The van der Waals surface area contributed by atoms with Crippen molar-refractivity contribution in [2.24, 2.45) is 0 Å². The van der Waals surface area contributed by atoms with E-state index in [1.54, 1.807) is 24.1 Å². The predicted octanol–water partition coefficient (Wildman–Crippen LogP) is 2.85. The zero-order valence-electron chi connectivity index (χ0n) is 14.0. The Labute approximate surface area is 141 Å². The number of hydrogen-bond acceptors (Lipinski definition) is 3. The molecule has 128 valence electrons. The summed E-state index contributed by atoms with van der Waals surface area (Å²) in [6.45, 7) is 2.12. The molecular weight excluding hydrogens is 307 g/mol. The highest BCUT2D eigenvalue weighted by Gasteiger charge is 2.14. The predicted molar refractivity (Wildman–Crippen MR) is 93.1 cm³/mol. The molecule has 2 N–H and O–H groups in total. The van der Waals surface area contributed by atoms with Crippen LogP contribution in [0.5, 0.6) is 0 Å². The topological polar surface area (TPSA) is 52.6 Å². The van der Waals surface area contributed by atoms with E-state index in [-0.39, 0.29) is 24.1 Å². The first-order chi connectivity index (χ1) is 11.5. The molecule has 0 saturated heterocycles. The van der Waals surface area contributed by atoms with Crippen LogP contribution in [0.3, 0.4) is 0 Å². The number of halogens is 1. The van der Waals surface area contributed by atoms with Crippen molar-refractivity contribution in [1.29, 1.82) is 0 Å². The second kappa shape index (κ2) is 8.57.